The molecule has 0 fully saturated rings. The highest BCUT2D eigenvalue weighted by Crippen LogP contribution is 2.30. The highest BCUT2D eigenvalue weighted by Gasteiger charge is 2.36. The van der Waals surface area contributed by atoms with Crippen LogP contribution in [-0.2, 0) is 4.79 Å². The number of hydrazone groups is 1. The molecule has 4 rings (SSSR count). The van der Waals surface area contributed by atoms with Crippen molar-refractivity contribution in [2.24, 2.45) is 16.0 Å². The molecule has 0 saturated carbocycles. The molecule has 2 heterocycles. The Morgan fingerprint density at radius 3 is 2.22 bits per heavy atom. The van der Waals surface area contributed by atoms with E-state index in [1.54, 1.807) is 6.08 Å². The van der Waals surface area contributed by atoms with Crippen LogP contribution in [0.25, 0.3) is 6.08 Å². The molecule has 0 aliphatic carbocycles. The topological polar surface area (TPSA) is 87.3 Å². The molecule has 0 atom stereocenters. The van der Waals surface area contributed by atoms with Crippen LogP contribution >= 0.6 is 11.8 Å². The van der Waals surface area contributed by atoms with E-state index in [-0.39, 0.29) is 17.3 Å². The fraction of sp³-hybridized carbons (Fsp3) is 0.250. The van der Waals surface area contributed by atoms with Gasteiger partial charge < -0.3 is 9.47 Å². The molecule has 32 heavy (non-hydrogen) atoms. The maximum absolute atomic E-state index is 12.5. The molecular weight excluding hydrogens is 424 g/mol. The van der Waals surface area contributed by atoms with Crippen molar-refractivity contribution >= 4 is 39.8 Å². The van der Waals surface area contributed by atoms with Crippen molar-refractivity contribution in [1.29, 1.82) is 5.41 Å². The molecule has 164 valence electrons. The lowest BCUT2D eigenvalue weighted by Crippen LogP contribution is -2.35. The Kier molecular flexibility index (Phi) is 6.41. The molecule has 8 heteroatoms. The fourth-order valence-electron chi connectivity index (χ4n) is 3.02. The number of aliphatic imine (C=N–C) groups is 1. The van der Waals surface area contributed by atoms with Crippen molar-refractivity contribution in [2.45, 2.75) is 20.8 Å². The summed E-state index contributed by atoms with van der Waals surface area (Å²) in [5.74, 6) is 1.33. The Balaban J connectivity index is 1.36. The molecule has 0 unspecified atom stereocenters. The molecule has 0 radical (unpaired) electrons. The number of benzene rings is 2. The predicted octanol–water partition coefficient (Wildman–Crippen LogP) is 4.73. The number of amides is 1. The lowest BCUT2D eigenvalue weighted by Gasteiger charge is -2.20. The van der Waals surface area contributed by atoms with E-state index in [2.05, 4.69) is 10.1 Å². The summed E-state index contributed by atoms with van der Waals surface area (Å²) >= 11 is 1.34. The van der Waals surface area contributed by atoms with Crippen molar-refractivity contribution in [3.63, 3.8) is 0 Å². The molecule has 2 aliphatic rings. The number of carbonyl (C=O) groups is 1. The average Bonchev–Trinajstić information content (AvgIpc) is 3.21. The average molecular weight is 449 g/mol. The van der Waals surface area contributed by atoms with E-state index in [9.17, 15) is 4.79 Å². The Morgan fingerprint density at radius 1 is 1.03 bits per heavy atom. The van der Waals surface area contributed by atoms with Crippen molar-refractivity contribution in [3.8, 4) is 11.5 Å². The summed E-state index contributed by atoms with van der Waals surface area (Å²) in [6.45, 7) is 6.92. The first-order chi connectivity index (χ1) is 15.4. The number of fused-ring (bicyclic) bond motifs is 1. The summed E-state index contributed by atoms with van der Waals surface area (Å²) in [6.07, 6.45) is 1.66. The Labute approximate surface area is 191 Å². The summed E-state index contributed by atoms with van der Waals surface area (Å²) in [6, 6.07) is 15.2. The molecule has 0 aromatic heterocycles. The zero-order valence-electron chi connectivity index (χ0n) is 18.2. The third kappa shape index (κ3) is 4.91. The van der Waals surface area contributed by atoms with Crippen molar-refractivity contribution in [1.82, 2.24) is 5.01 Å². The minimum absolute atomic E-state index is 0.0386. The fourth-order valence-corrected chi connectivity index (χ4v) is 3.91. The largest absolute Gasteiger partial charge is 0.490 e. The third-order valence-corrected chi connectivity index (χ3v) is 6.01. The van der Waals surface area contributed by atoms with Crippen LogP contribution in [0.3, 0.4) is 0 Å². The lowest BCUT2D eigenvalue weighted by molar-refractivity contribution is -0.114. The van der Waals surface area contributed by atoms with Crippen LogP contribution in [0.1, 0.15) is 25.0 Å². The van der Waals surface area contributed by atoms with Gasteiger partial charge >= 0.3 is 0 Å². The number of thioether (sulfide) groups is 1. The number of nitrogens with zero attached hydrogens (tertiary/aromatic N) is 3. The Morgan fingerprint density at radius 2 is 1.62 bits per heavy atom. The first-order valence-corrected chi connectivity index (χ1v) is 11.1. The van der Waals surface area contributed by atoms with Crippen LogP contribution in [-0.4, -0.2) is 40.2 Å². The summed E-state index contributed by atoms with van der Waals surface area (Å²) in [5.41, 5.74) is 2.18. The van der Waals surface area contributed by atoms with Gasteiger partial charge in [-0.2, -0.15) is 15.1 Å². The molecule has 2 aromatic carbocycles. The number of amidine groups is 2. The molecule has 7 nitrogen and oxygen atoms in total. The third-order valence-electron chi connectivity index (χ3n) is 4.80. The monoisotopic (exact) mass is 448 g/mol. The summed E-state index contributed by atoms with van der Waals surface area (Å²) in [4.78, 5) is 16.6. The minimum Gasteiger partial charge on any atom is -0.490 e. The summed E-state index contributed by atoms with van der Waals surface area (Å²) in [5, 5.41) is 15.6. The second-order valence-electron chi connectivity index (χ2n) is 7.69. The van der Waals surface area contributed by atoms with E-state index in [1.165, 1.54) is 22.3 Å². The molecular formula is C24H24N4O3S. The predicted molar refractivity (Wildman–Crippen MR) is 128 cm³/mol. The number of nitrogens with one attached hydrogen (secondary N) is 1. The van der Waals surface area contributed by atoms with E-state index in [4.69, 9.17) is 14.9 Å². The number of hydrogen-bond donors (Lipinski definition) is 1. The lowest BCUT2D eigenvalue weighted by atomic mass is 10.1. The second-order valence-corrected chi connectivity index (χ2v) is 8.68. The maximum Gasteiger partial charge on any atom is 0.283 e. The molecule has 0 spiro atoms. The van der Waals surface area contributed by atoms with Gasteiger partial charge in [0.25, 0.3) is 5.91 Å². The van der Waals surface area contributed by atoms with E-state index < -0.39 is 5.91 Å². The first kappa shape index (κ1) is 21.8. The standard InChI is InChI=1S/C24H24N4O3S/c1-15(2)23-27-28-21(25)20(22(29)26-24(28)32-23)14-17-6-10-19(11-7-17)31-13-12-30-18-8-4-16(3)5-9-18/h4-11,14-15,25H,12-13H2,1-3H3/b20-14-,25-21?. The molecule has 0 saturated heterocycles. The summed E-state index contributed by atoms with van der Waals surface area (Å²) < 4.78 is 11.4. The second kappa shape index (κ2) is 9.40. The van der Waals surface area contributed by atoms with Crippen LogP contribution in [0.4, 0.5) is 0 Å². The number of ether oxygens (including phenoxy) is 2. The highest BCUT2D eigenvalue weighted by molar-refractivity contribution is 8.27. The van der Waals surface area contributed by atoms with E-state index >= 15 is 0 Å². The van der Waals surface area contributed by atoms with Crippen LogP contribution in [0, 0.1) is 18.3 Å². The maximum atomic E-state index is 12.5. The molecule has 1 amide bonds. The van der Waals surface area contributed by atoms with Gasteiger partial charge in [-0.05, 0) is 54.6 Å². The van der Waals surface area contributed by atoms with Crippen LogP contribution < -0.4 is 9.47 Å². The summed E-state index contributed by atoms with van der Waals surface area (Å²) in [7, 11) is 0. The quantitative estimate of drug-likeness (QED) is 0.489. The normalized spacial score (nSPS) is 16.9. The Bertz CT molecular complexity index is 1120. The van der Waals surface area contributed by atoms with Gasteiger partial charge in [-0.25, -0.2) is 0 Å². The van der Waals surface area contributed by atoms with Crippen molar-refractivity contribution in [2.75, 3.05) is 13.2 Å². The highest BCUT2D eigenvalue weighted by atomic mass is 32.2. The zero-order valence-corrected chi connectivity index (χ0v) is 19.0. The van der Waals surface area contributed by atoms with Gasteiger partial charge in [0.15, 0.2) is 5.84 Å². The van der Waals surface area contributed by atoms with Gasteiger partial charge in [-0.3, -0.25) is 10.2 Å². The Hall–Kier alpha value is -3.39. The number of carbonyl (C=O) groups excluding carboxylic acids is 1. The first-order valence-electron chi connectivity index (χ1n) is 10.3. The van der Waals surface area contributed by atoms with Gasteiger partial charge in [0, 0.05) is 5.92 Å². The van der Waals surface area contributed by atoms with Crippen molar-refractivity contribution < 1.29 is 14.3 Å². The van der Waals surface area contributed by atoms with Crippen LogP contribution in [0.15, 0.2) is 64.2 Å². The molecule has 2 aliphatic heterocycles. The minimum atomic E-state index is -0.428. The van der Waals surface area contributed by atoms with Crippen LogP contribution in [0.2, 0.25) is 0 Å². The van der Waals surface area contributed by atoms with Gasteiger partial charge in [-0.1, -0.05) is 43.7 Å². The molecule has 2 aromatic rings. The van der Waals surface area contributed by atoms with Gasteiger partial charge in [0.05, 0.1) is 5.57 Å². The van der Waals surface area contributed by atoms with E-state index in [0.29, 0.717) is 24.1 Å². The number of aryl methyl sites for hydroxylation is 1. The number of hydrogen-bond acceptors (Lipinski definition) is 6. The van der Waals surface area contributed by atoms with Gasteiger partial charge in [0.1, 0.15) is 29.8 Å². The SMILES string of the molecule is Cc1ccc(OCCOc2ccc(/C=C3/C(=N)N4N=C(C(C)C)SC4=NC3=O)cc2)cc1. The van der Waals surface area contributed by atoms with Crippen molar-refractivity contribution in [3.05, 3.63) is 65.2 Å². The molecule has 0 bridgehead atoms. The molecule has 1 N–H and O–H groups in total. The van der Waals surface area contributed by atoms with Crippen LogP contribution in [0.5, 0.6) is 11.5 Å². The van der Waals surface area contributed by atoms with E-state index in [1.807, 2.05) is 69.3 Å². The van der Waals surface area contributed by atoms with E-state index in [0.717, 1.165) is 16.4 Å². The number of rotatable bonds is 7. The zero-order chi connectivity index (χ0) is 22.7. The smallest absolute Gasteiger partial charge is 0.283 e. The van der Waals surface area contributed by atoms with Gasteiger partial charge in [-0.15, -0.1) is 0 Å². The van der Waals surface area contributed by atoms with Gasteiger partial charge in [0.2, 0.25) is 5.17 Å².